The van der Waals surface area contributed by atoms with E-state index in [1.54, 1.807) is 18.0 Å². The normalized spacial score (nSPS) is 19.8. The monoisotopic (exact) mass is 409 g/mol. The Bertz CT molecular complexity index is 958. The molecule has 154 valence electrons. The van der Waals surface area contributed by atoms with Crippen molar-refractivity contribution in [1.82, 2.24) is 13.4 Å². The van der Waals surface area contributed by atoms with Gasteiger partial charge in [-0.1, -0.05) is 12.1 Å². The maximum absolute atomic E-state index is 13.3. The van der Waals surface area contributed by atoms with Gasteiger partial charge in [0.15, 0.2) is 12.3 Å². The summed E-state index contributed by atoms with van der Waals surface area (Å²) in [5.74, 6) is 0.156. The number of imidazole rings is 1. The summed E-state index contributed by atoms with van der Waals surface area (Å²) in [6.07, 6.45) is 1.18. The fraction of sp³-hybridized carbons (Fsp3) is 0.600. The zero-order valence-electron chi connectivity index (χ0n) is 17.3. The van der Waals surface area contributed by atoms with E-state index in [0.717, 1.165) is 27.9 Å². The van der Waals surface area contributed by atoms with Crippen LogP contribution in [0.15, 0.2) is 23.0 Å². The summed E-state index contributed by atoms with van der Waals surface area (Å²) in [4.78, 5) is 26.8. The van der Waals surface area contributed by atoms with E-state index in [0.29, 0.717) is 12.1 Å². The Kier molecular flexibility index (Phi) is 5.29. The molecule has 8 heteroatoms. The van der Waals surface area contributed by atoms with E-state index in [1.165, 1.54) is 4.57 Å². The molecule has 1 aromatic heterocycles. The predicted molar refractivity (Wildman–Crippen MR) is 110 cm³/mol. The van der Waals surface area contributed by atoms with Crippen molar-refractivity contribution in [3.8, 4) is 0 Å². The third-order valence-electron chi connectivity index (χ3n) is 5.36. The highest BCUT2D eigenvalue weighted by Gasteiger charge is 2.40. The fourth-order valence-corrected chi connectivity index (χ4v) is 4.54. The number of aryl methyl sites for hydroxylation is 1. The van der Waals surface area contributed by atoms with Crippen LogP contribution in [0, 0.1) is 0 Å². The lowest BCUT2D eigenvalue weighted by Gasteiger charge is -2.45. The van der Waals surface area contributed by atoms with Crippen molar-refractivity contribution in [2.45, 2.75) is 64.5 Å². The number of fused-ring (bicyclic) bond motifs is 1. The number of amides is 1. The lowest BCUT2D eigenvalue weighted by Crippen LogP contribution is -2.53. The number of rotatable bonds is 2. The average molecular weight is 410 g/mol. The second kappa shape index (κ2) is 7.13. The molecule has 28 heavy (non-hydrogen) atoms. The van der Waals surface area contributed by atoms with Crippen molar-refractivity contribution in [2.75, 3.05) is 6.54 Å². The standard InChI is InChI=1S/C20H28FN3O3S/c1-19(2,3)27-18(26)23-11-10-13(12-20(23,4)5)14-8-7-9-15-16(14)22(6)17(25)24(15)28-21/h7-9,13H,10-12H2,1-6H3. The molecule has 1 aliphatic rings. The SMILES string of the molecule is Cn1c(=O)n(SF)c2cccc(C3CCN(C(=O)OC(C)(C)C)C(C)(C)C3)c21. The number of carbonyl (C=O) groups excluding carboxylic acids is 1. The molecular formula is C20H28FN3O3S. The van der Waals surface area contributed by atoms with Crippen molar-refractivity contribution >= 4 is 29.5 Å². The minimum absolute atomic E-state index is 0.0757. The first kappa shape index (κ1) is 20.8. The molecule has 1 atom stereocenters. The Morgan fingerprint density at radius 2 is 2.00 bits per heavy atom. The van der Waals surface area contributed by atoms with Gasteiger partial charge in [-0.05, 0) is 65.0 Å². The molecule has 1 fully saturated rings. The summed E-state index contributed by atoms with van der Waals surface area (Å²) < 4.78 is 21.5. The van der Waals surface area contributed by atoms with E-state index >= 15 is 0 Å². The molecule has 1 unspecified atom stereocenters. The zero-order chi connectivity index (χ0) is 20.9. The van der Waals surface area contributed by atoms with Gasteiger partial charge in [-0.2, -0.15) is 0 Å². The number of nitrogens with zero attached hydrogens (tertiary/aromatic N) is 3. The van der Waals surface area contributed by atoms with Crippen LogP contribution >= 0.6 is 12.3 Å². The fourth-order valence-electron chi connectivity index (χ4n) is 4.13. The Balaban J connectivity index is 1.94. The van der Waals surface area contributed by atoms with Crippen LogP contribution in [-0.2, 0) is 11.8 Å². The van der Waals surface area contributed by atoms with Crippen LogP contribution in [0.2, 0.25) is 0 Å². The van der Waals surface area contributed by atoms with Crippen LogP contribution in [0.5, 0.6) is 0 Å². The van der Waals surface area contributed by atoms with Crippen LogP contribution in [0.25, 0.3) is 11.0 Å². The van der Waals surface area contributed by atoms with Crippen LogP contribution in [0.1, 0.15) is 58.9 Å². The number of piperidine rings is 1. The number of likely N-dealkylation sites (tertiary alicyclic amines) is 1. The lowest BCUT2D eigenvalue weighted by atomic mass is 9.79. The van der Waals surface area contributed by atoms with Gasteiger partial charge < -0.3 is 9.64 Å². The third kappa shape index (κ3) is 3.66. The van der Waals surface area contributed by atoms with Crippen molar-refractivity contribution in [1.29, 1.82) is 0 Å². The number of benzene rings is 1. The van der Waals surface area contributed by atoms with E-state index in [1.807, 2.05) is 46.8 Å². The molecule has 0 saturated carbocycles. The molecule has 1 amide bonds. The summed E-state index contributed by atoms with van der Waals surface area (Å²) in [6, 6.07) is 5.61. The maximum atomic E-state index is 13.3. The summed E-state index contributed by atoms with van der Waals surface area (Å²) in [5, 5.41) is 0. The molecular weight excluding hydrogens is 381 g/mol. The molecule has 3 rings (SSSR count). The summed E-state index contributed by atoms with van der Waals surface area (Å²) in [7, 11) is 1.67. The quantitative estimate of drug-likeness (QED) is 0.727. The molecule has 1 saturated heterocycles. The highest BCUT2D eigenvalue weighted by molar-refractivity contribution is 7.92. The van der Waals surface area contributed by atoms with Gasteiger partial charge in [0.1, 0.15) is 5.60 Å². The predicted octanol–water partition coefficient (Wildman–Crippen LogP) is 4.61. The number of hydrogen-bond acceptors (Lipinski definition) is 4. The molecule has 1 aliphatic heterocycles. The van der Waals surface area contributed by atoms with Crippen molar-refractivity contribution < 1.29 is 13.4 Å². The zero-order valence-corrected chi connectivity index (χ0v) is 18.1. The number of halogens is 1. The van der Waals surface area contributed by atoms with Gasteiger partial charge in [-0.25, -0.2) is 13.6 Å². The molecule has 0 spiro atoms. The first-order valence-corrected chi connectivity index (χ1v) is 10.1. The van der Waals surface area contributed by atoms with Crippen molar-refractivity contribution in [3.05, 3.63) is 34.2 Å². The minimum Gasteiger partial charge on any atom is -0.444 e. The molecule has 2 heterocycles. The summed E-state index contributed by atoms with van der Waals surface area (Å²) in [5.41, 5.74) is 1.01. The van der Waals surface area contributed by atoms with Crippen LogP contribution < -0.4 is 5.69 Å². The number of ether oxygens (including phenoxy) is 1. The molecule has 2 aromatic rings. The summed E-state index contributed by atoms with van der Waals surface area (Å²) in [6.45, 7) is 10.2. The van der Waals surface area contributed by atoms with E-state index in [4.69, 9.17) is 4.74 Å². The first-order valence-electron chi connectivity index (χ1n) is 9.46. The molecule has 1 aromatic carbocycles. The smallest absolute Gasteiger partial charge is 0.410 e. The first-order chi connectivity index (χ1) is 13.0. The Morgan fingerprint density at radius 3 is 2.57 bits per heavy atom. The molecule has 0 bridgehead atoms. The third-order valence-corrected chi connectivity index (χ3v) is 5.85. The van der Waals surface area contributed by atoms with Gasteiger partial charge in [0.2, 0.25) is 0 Å². The maximum Gasteiger partial charge on any atom is 0.410 e. The van der Waals surface area contributed by atoms with Gasteiger partial charge >= 0.3 is 11.8 Å². The van der Waals surface area contributed by atoms with Crippen LogP contribution in [0.4, 0.5) is 8.68 Å². The Morgan fingerprint density at radius 1 is 1.32 bits per heavy atom. The number of aromatic nitrogens is 2. The molecule has 6 nitrogen and oxygen atoms in total. The van der Waals surface area contributed by atoms with Crippen molar-refractivity contribution in [3.63, 3.8) is 0 Å². The highest BCUT2D eigenvalue weighted by Crippen LogP contribution is 2.40. The number of para-hydroxylation sites is 1. The second-order valence-corrected chi connectivity index (χ2v) is 9.56. The van der Waals surface area contributed by atoms with Gasteiger partial charge in [0.05, 0.1) is 11.0 Å². The number of carbonyl (C=O) groups is 1. The highest BCUT2D eigenvalue weighted by atomic mass is 32.2. The van der Waals surface area contributed by atoms with Crippen LogP contribution in [0.3, 0.4) is 0 Å². The van der Waals surface area contributed by atoms with E-state index in [2.05, 4.69) is 0 Å². The van der Waals surface area contributed by atoms with E-state index in [-0.39, 0.29) is 30.0 Å². The Labute approximate surface area is 169 Å². The van der Waals surface area contributed by atoms with Gasteiger partial charge in [0, 0.05) is 19.1 Å². The molecule has 0 N–H and O–H groups in total. The van der Waals surface area contributed by atoms with Crippen molar-refractivity contribution in [2.24, 2.45) is 7.05 Å². The number of hydrogen-bond donors (Lipinski definition) is 0. The topological polar surface area (TPSA) is 56.5 Å². The van der Waals surface area contributed by atoms with Gasteiger partial charge in [0.25, 0.3) is 0 Å². The van der Waals surface area contributed by atoms with Gasteiger partial charge in [-0.15, -0.1) is 3.89 Å². The second-order valence-electron chi connectivity index (χ2n) is 9.05. The lowest BCUT2D eigenvalue weighted by molar-refractivity contribution is -0.00926. The Hall–Kier alpha value is -1.96. The molecule has 0 aliphatic carbocycles. The largest absolute Gasteiger partial charge is 0.444 e. The summed E-state index contributed by atoms with van der Waals surface area (Å²) >= 11 is -0.0757. The minimum atomic E-state index is -0.541. The van der Waals surface area contributed by atoms with Crippen LogP contribution in [-0.4, -0.2) is 37.2 Å². The molecule has 0 radical (unpaired) electrons. The average Bonchev–Trinajstić information content (AvgIpc) is 2.83. The van der Waals surface area contributed by atoms with E-state index in [9.17, 15) is 13.5 Å². The van der Waals surface area contributed by atoms with E-state index < -0.39 is 11.1 Å². The van der Waals surface area contributed by atoms with Gasteiger partial charge in [-0.3, -0.25) is 4.57 Å².